The van der Waals surface area contributed by atoms with Gasteiger partial charge in [-0.1, -0.05) is 16.8 Å². The lowest BCUT2D eigenvalue weighted by Gasteiger charge is -2.03. The van der Waals surface area contributed by atoms with E-state index in [-0.39, 0.29) is 11.1 Å². The number of aromatic nitrogens is 5. The zero-order valence-corrected chi connectivity index (χ0v) is 11.3. The molecule has 3 heterocycles. The normalized spacial score (nSPS) is 10.9. The average molecular weight is 293 g/mol. The highest BCUT2D eigenvalue weighted by molar-refractivity contribution is 6.33. The number of aromatic amines is 1. The van der Waals surface area contributed by atoms with Crippen LogP contribution in [0.25, 0.3) is 11.2 Å². The quantitative estimate of drug-likeness (QED) is 0.698. The minimum Gasteiger partial charge on any atom is -0.361 e. The molecule has 0 aromatic carbocycles. The Kier molecular flexibility index (Phi) is 2.87. The summed E-state index contributed by atoms with van der Waals surface area (Å²) in [7, 11) is 0. The van der Waals surface area contributed by atoms with E-state index < -0.39 is 5.91 Å². The van der Waals surface area contributed by atoms with Crippen LogP contribution in [0.3, 0.4) is 0 Å². The largest absolute Gasteiger partial charge is 0.361 e. The maximum atomic E-state index is 12.1. The van der Waals surface area contributed by atoms with Crippen molar-refractivity contribution >= 4 is 34.6 Å². The van der Waals surface area contributed by atoms with Crippen LogP contribution in [0.2, 0.25) is 5.15 Å². The SMILES string of the molecule is Cc1noc(C)c1C(=O)Nc1nc(Cl)c2[nH]cnc2n1. The number of carbonyl (C=O) groups is 1. The summed E-state index contributed by atoms with van der Waals surface area (Å²) in [6, 6.07) is 0. The molecule has 0 aliphatic carbocycles. The summed E-state index contributed by atoms with van der Waals surface area (Å²) in [5.41, 5.74) is 1.74. The monoisotopic (exact) mass is 292 g/mol. The van der Waals surface area contributed by atoms with Crippen LogP contribution in [-0.2, 0) is 0 Å². The third-order valence-electron chi connectivity index (χ3n) is 2.73. The molecule has 0 unspecified atom stereocenters. The molecule has 0 saturated carbocycles. The molecule has 0 atom stereocenters. The highest BCUT2D eigenvalue weighted by atomic mass is 35.5. The van der Waals surface area contributed by atoms with Gasteiger partial charge in [-0.15, -0.1) is 0 Å². The molecular formula is C11H9ClN6O2. The Bertz CT molecular complexity index is 789. The number of H-pyrrole nitrogens is 1. The summed E-state index contributed by atoms with van der Waals surface area (Å²) >= 11 is 5.97. The fourth-order valence-electron chi connectivity index (χ4n) is 1.82. The molecule has 20 heavy (non-hydrogen) atoms. The van der Waals surface area contributed by atoms with Crippen molar-refractivity contribution in [3.8, 4) is 0 Å². The molecule has 0 radical (unpaired) electrons. The zero-order chi connectivity index (χ0) is 14.3. The van der Waals surface area contributed by atoms with Gasteiger partial charge in [0.1, 0.15) is 16.8 Å². The van der Waals surface area contributed by atoms with E-state index in [1.54, 1.807) is 13.8 Å². The molecule has 0 aliphatic rings. The van der Waals surface area contributed by atoms with Crippen LogP contribution in [-0.4, -0.2) is 31.0 Å². The number of rotatable bonds is 2. The molecule has 0 fully saturated rings. The van der Waals surface area contributed by atoms with Gasteiger partial charge in [0, 0.05) is 0 Å². The third kappa shape index (κ3) is 1.99. The van der Waals surface area contributed by atoms with Crippen LogP contribution < -0.4 is 5.32 Å². The van der Waals surface area contributed by atoms with E-state index in [9.17, 15) is 4.79 Å². The van der Waals surface area contributed by atoms with Crippen molar-refractivity contribution in [2.45, 2.75) is 13.8 Å². The molecule has 0 spiro atoms. The van der Waals surface area contributed by atoms with Gasteiger partial charge in [-0.25, -0.2) is 4.98 Å². The van der Waals surface area contributed by atoms with Crippen molar-refractivity contribution in [1.82, 2.24) is 25.1 Å². The molecule has 102 valence electrons. The fourth-order valence-corrected chi connectivity index (χ4v) is 2.04. The van der Waals surface area contributed by atoms with Gasteiger partial charge in [0.2, 0.25) is 5.95 Å². The van der Waals surface area contributed by atoms with Crippen LogP contribution in [0, 0.1) is 13.8 Å². The van der Waals surface area contributed by atoms with Gasteiger partial charge in [0.15, 0.2) is 10.8 Å². The van der Waals surface area contributed by atoms with Crippen molar-refractivity contribution < 1.29 is 9.32 Å². The summed E-state index contributed by atoms with van der Waals surface area (Å²) in [5.74, 6) is 0.0822. The highest BCUT2D eigenvalue weighted by Crippen LogP contribution is 2.19. The van der Waals surface area contributed by atoms with Crippen molar-refractivity contribution in [3.63, 3.8) is 0 Å². The minimum atomic E-state index is -0.410. The van der Waals surface area contributed by atoms with Crippen LogP contribution in [0.1, 0.15) is 21.8 Å². The standard InChI is InChI=1S/C11H9ClN6O2/c1-4-6(5(2)20-18-4)10(19)17-11-15-8(12)7-9(16-11)14-3-13-7/h3H,1-2H3,(H2,13,14,15,16,17,19). The van der Waals surface area contributed by atoms with Gasteiger partial charge in [-0.2, -0.15) is 9.97 Å². The summed E-state index contributed by atoms with van der Waals surface area (Å²) in [6.07, 6.45) is 1.45. The maximum Gasteiger partial charge on any atom is 0.263 e. The number of nitrogens with one attached hydrogen (secondary N) is 2. The molecule has 0 aliphatic heterocycles. The van der Waals surface area contributed by atoms with E-state index in [1.165, 1.54) is 6.33 Å². The van der Waals surface area contributed by atoms with Gasteiger partial charge in [0.25, 0.3) is 5.91 Å². The minimum absolute atomic E-state index is 0.0691. The van der Waals surface area contributed by atoms with E-state index in [2.05, 4.69) is 30.4 Å². The third-order valence-corrected chi connectivity index (χ3v) is 3.00. The first kappa shape index (κ1) is 12.5. The average Bonchev–Trinajstić information content (AvgIpc) is 2.96. The Morgan fingerprint density at radius 3 is 2.90 bits per heavy atom. The number of carbonyl (C=O) groups excluding carboxylic acids is 1. The second kappa shape index (κ2) is 4.57. The lowest BCUT2D eigenvalue weighted by molar-refractivity contribution is 0.102. The van der Waals surface area contributed by atoms with Crippen LogP contribution in [0.5, 0.6) is 0 Å². The van der Waals surface area contributed by atoms with Crippen LogP contribution >= 0.6 is 11.6 Å². The molecule has 0 saturated heterocycles. The molecule has 8 nitrogen and oxygen atoms in total. The molecule has 0 bridgehead atoms. The predicted molar refractivity (Wildman–Crippen MR) is 70.6 cm³/mol. The van der Waals surface area contributed by atoms with Gasteiger partial charge in [-0.05, 0) is 13.8 Å². The lowest BCUT2D eigenvalue weighted by atomic mass is 10.2. The fraction of sp³-hybridized carbons (Fsp3) is 0.182. The van der Waals surface area contributed by atoms with Gasteiger partial charge >= 0.3 is 0 Å². The Hall–Kier alpha value is -2.48. The topological polar surface area (TPSA) is 110 Å². The van der Waals surface area contributed by atoms with Gasteiger partial charge < -0.3 is 9.51 Å². The number of imidazole rings is 1. The van der Waals surface area contributed by atoms with Crippen molar-refractivity contribution in [2.24, 2.45) is 0 Å². The van der Waals surface area contributed by atoms with E-state index in [1.807, 2.05) is 0 Å². The number of halogens is 1. The first-order valence-electron chi connectivity index (χ1n) is 5.67. The number of fused-ring (bicyclic) bond motifs is 1. The van der Waals surface area contributed by atoms with Crippen LogP contribution in [0.15, 0.2) is 10.9 Å². The Morgan fingerprint density at radius 2 is 2.20 bits per heavy atom. The Labute approximate surface area is 117 Å². The molecule has 3 rings (SSSR count). The summed E-state index contributed by atoms with van der Waals surface area (Å²) in [4.78, 5) is 27.0. The number of nitrogens with zero attached hydrogens (tertiary/aromatic N) is 4. The maximum absolute atomic E-state index is 12.1. The molecule has 3 aromatic heterocycles. The van der Waals surface area contributed by atoms with Crippen molar-refractivity contribution in [3.05, 3.63) is 28.5 Å². The second-order valence-electron chi connectivity index (χ2n) is 4.09. The van der Waals surface area contributed by atoms with E-state index in [4.69, 9.17) is 16.1 Å². The van der Waals surface area contributed by atoms with Gasteiger partial charge in [0.05, 0.1) is 12.0 Å². The molecule has 2 N–H and O–H groups in total. The molecule has 9 heteroatoms. The van der Waals surface area contributed by atoms with Crippen molar-refractivity contribution in [1.29, 1.82) is 0 Å². The number of aryl methyl sites for hydroxylation is 2. The second-order valence-corrected chi connectivity index (χ2v) is 4.45. The number of anilines is 1. The first-order chi connectivity index (χ1) is 9.56. The number of hydrogen-bond acceptors (Lipinski definition) is 6. The Morgan fingerprint density at radius 1 is 1.40 bits per heavy atom. The highest BCUT2D eigenvalue weighted by Gasteiger charge is 2.19. The Balaban J connectivity index is 1.95. The summed E-state index contributed by atoms with van der Waals surface area (Å²) in [6.45, 7) is 3.33. The molecule has 1 amide bonds. The first-order valence-corrected chi connectivity index (χ1v) is 6.05. The predicted octanol–water partition coefficient (Wildman–Crippen LogP) is 1.86. The number of hydrogen-bond donors (Lipinski definition) is 2. The van der Waals surface area contributed by atoms with Gasteiger partial charge in [-0.3, -0.25) is 10.1 Å². The molecule has 3 aromatic rings. The summed E-state index contributed by atoms with van der Waals surface area (Å²) < 4.78 is 4.94. The van der Waals surface area contributed by atoms with Crippen molar-refractivity contribution in [2.75, 3.05) is 5.32 Å². The zero-order valence-electron chi connectivity index (χ0n) is 10.6. The van der Waals surface area contributed by atoms with E-state index in [0.29, 0.717) is 28.2 Å². The van der Waals surface area contributed by atoms with E-state index >= 15 is 0 Å². The molecular weight excluding hydrogens is 284 g/mol. The smallest absolute Gasteiger partial charge is 0.263 e. The number of amides is 1. The summed E-state index contributed by atoms with van der Waals surface area (Å²) in [5, 5.41) is 6.45. The lowest BCUT2D eigenvalue weighted by Crippen LogP contribution is -2.15. The van der Waals surface area contributed by atoms with Crippen LogP contribution in [0.4, 0.5) is 5.95 Å². The van der Waals surface area contributed by atoms with E-state index in [0.717, 1.165) is 0 Å².